The summed E-state index contributed by atoms with van der Waals surface area (Å²) in [6, 6.07) is 13.2. The number of anilines is 2. The summed E-state index contributed by atoms with van der Waals surface area (Å²) in [4.78, 5) is 23.9. The van der Waals surface area contributed by atoms with E-state index in [9.17, 15) is 9.59 Å². The number of aryl methyl sites for hydroxylation is 1. The molecule has 24 heavy (non-hydrogen) atoms. The summed E-state index contributed by atoms with van der Waals surface area (Å²) in [6.45, 7) is 2.10. The molecular formula is C17H18BrN3O2S. The summed E-state index contributed by atoms with van der Waals surface area (Å²) in [5.41, 5.74) is 7.80. The fourth-order valence-electron chi connectivity index (χ4n) is 1.98. The third kappa shape index (κ3) is 5.58. The van der Waals surface area contributed by atoms with E-state index in [0.29, 0.717) is 0 Å². The molecule has 0 saturated carbocycles. The minimum absolute atomic E-state index is 0.120. The number of para-hydroxylation sites is 1. The van der Waals surface area contributed by atoms with Crippen LogP contribution in [0.2, 0.25) is 0 Å². The van der Waals surface area contributed by atoms with Crippen molar-refractivity contribution in [3.05, 3.63) is 52.5 Å². The molecular weight excluding hydrogens is 390 g/mol. The molecule has 0 bridgehead atoms. The third-order valence-corrected chi connectivity index (χ3v) is 4.85. The highest BCUT2D eigenvalue weighted by Crippen LogP contribution is 2.27. The number of halogens is 1. The van der Waals surface area contributed by atoms with Crippen LogP contribution < -0.4 is 16.4 Å². The average molecular weight is 408 g/mol. The predicted octanol–water partition coefficient (Wildman–Crippen LogP) is 3.39. The van der Waals surface area contributed by atoms with Gasteiger partial charge in [0.2, 0.25) is 11.8 Å². The van der Waals surface area contributed by atoms with Gasteiger partial charge in [-0.15, -0.1) is 11.8 Å². The number of carbonyl (C=O) groups is 2. The topological polar surface area (TPSA) is 84.2 Å². The van der Waals surface area contributed by atoms with Gasteiger partial charge in [0.25, 0.3) is 0 Å². The molecule has 0 radical (unpaired) electrons. The summed E-state index contributed by atoms with van der Waals surface area (Å²) in [5.74, 6) is -0.340. The van der Waals surface area contributed by atoms with Crippen molar-refractivity contribution in [1.82, 2.24) is 0 Å². The summed E-state index contributed by atoms with van der Waals surface area (Å²) in [7, 11) is 0. The number of rotatable bonds is 7. The molecule has 2 amide bonds. The zero-order chi connectivity index (χ0) is 17.5. The van der Waals surface area contributed by atoms with Crippen LogP contribution in [0, 0.1) is 6.92 Å². The van der Waals surface area contributed by atoms with Crippen molar-refractivity contribution in [3.8, 4) is 0 Å². The van der Waals surface area contributed by atoms with Gasteiger partial charge in [0.05, 0.1) is 18.0 Å². The van der Waals surface area contributed by atoms with Gasteiger partial charge in [-0.1, -0.05) is 18.2 Å². The summed E-state index contributed by atoms with van der Waals surface area (Å²) < 4.78 is 0.841. The Hall–Kier alpha value is -1.99. The maximum Gasteiger partial charge on any atom is 0.243 e. The molecule has 0 aliphatic carbocycles. The van der Waals surface area contributed by atoms with E-state index in [0.717, 1.165) is 26.3 Å². The number of benzene rings is 2. The first-order valence-electron chi connectivity index (χ1n) is 7.25. The van der Waals surface area contributed by atoms with Crippen molar-refractivity contribution in [2.45, 2.75) is 11.8 Å². The normalized spacial score (nSPS) is 10.2. The lowest BCUT2D eigenvalue weighted by Crippen LogP contribution is -2.22. The van der Waals surface area contributed by atoms with E-state index in [4.69, 9.17) is 5.73 Å². The molecule has 0 aromatic heterocycles. The quantitative estimate of drug-likeness (QED) is 0.614. The number of primary amides is 1. The molecule has 0 aliphatic rings. The Bertz CT molecular complexity index is 752. The number of hydrogen-bond acceptors (Lipinski definition) is 4. The van der Waals surface area contributed by atoms with E-state index in [1.165, 1.54) is 11.8 Å². The molecule has 7 heteroatoms. The SMILES string of the molecule is Cc1ccc(NC(=O)CNc2ccccc2SCC(N)=O)c(Br)c1. The maximum absolute atomic E-state index is 12.1. The Kier molecular flexibility index (Phi) is 6.69. The van der Waals surface area contributed by atoms with Crippen LogP contribution in [0.15, 0.2) is 51.8 Å². The van der Waals surface area contributed by atoms with Crippen LogP contribution in [0.25, 0.3) is 0 Å². The lowest BCUT2D eigenvalue weighted by Gasteiger charge is -2.12. The molecule has 4 N–H and O–H groups in total. The number of amides is 2. The van der Waals surface area contributed by atoms with E-state index < -0.39 is 0 Å². The minimum atomic E-state index is -0.378. The van der Waals surface area contributed by atoms with Gasteiger partial charge in [0, 0.05) is 15.1 Å². The smallest absolute Gasteiger partial charge is 0.243 e. The number of hydrogen-bond donors (Lipinski definition) is 3. The minimum Gasteiger partial charge on any atom is -0.375 e. The van der Waals surface area contributed by atoms with Crippen LogP contribution in [-0.4, -0.2) is 24.1 Å². The fraction of sp³-hybridized carbons (Fsp3) is 0.176. The van der Waals surface area contributed by atoms with E-state index in [1.807, 2.05) is 49.4 Å². The number of thioether (sulfide) groups is 1. The largest absolute Gasteiger partial charge is 0.375 e. The van der Waals surface area contributed by atoms with Gasteiger partial charge in [0.15, 0.2) is 0 Å². The standard InChI is InChI=1S/C17H18BrN3O2S/c1-11-6-7-13(12(18)8-11)21-17(23)9-20-14-4-2-3-5-15(14)24-10-16(19)22/h2-8,20H,9-10H2,1H3,(H2,19,22)(H,21,23). The fourth-order valence-corrected chi connectivity index (χ4v) is 3.34. The number of carbonyl (C=O) groups excluding carboxylic acids is 2. The van der Waals surface area contributed by atoms with Crippen molar-refractivity contribution in [2.24, 2.45) is 5.73 Å². The van der Waals surface area contributed by atoms with Gasteiger partial charge in [0.1, 0.15) is 0 Å². The molecule has 0 spiro atoms. The van der Waals surface area contributed by atoms with Gasteiger partial charge in [-0.2, -0.15) is 0 Å². The second kappa shape index (κ2) is 8.75. The van der Waals surface area contributed by atoms with Gasteiger partial charge >= 0.3 is 0 Å². The van der Waals surface area contributed by atoms with Crippen LogP contribution in [0.4, 0.5) is 11.4 Å². The molecule has 0 unspecified atom stereocenters. The molecule has 0 fully saturated rings. The third-order valence-electron chi connectivity index (χ3n) is 3.10. The second-order valence-electron chi connectivity index (χ2n) is 5.14. The Balaban J connectivity index is 1.95. The highest BCUT2D eigenvalue weighted by atomic mass is 79.9. The Labute approximate surface area is 153 Å². The predicted molar refractivity (Wildman–Crippen MR) is 102 cm³/mol. The van der Waals surface area contributed by atoms with Crippen LogP contribution in [0.5, 0.6) is 0 Å². The van der Waals surface area contributed by atoms with Gasteiger partial charge in [-0.25, -0.2) is 0 Å². The van der Waals surface area contributed by atoms with Crippen molar-refractivity contribution in [2.75, 3.05) is 22.9 Å². The Morgan fingerprint density at radius 3 is 2.62 bits per heavy atom. The number of nitrogens with one attached hydrogen (secondary N) is 2. The first kappa shape index (κ1) is 18.4. The molecule has 0 heterocycles. The van der Waals surface area contributed by atoms with Gasteiger partial charge < -0.3 is 16.4 Å². The molecule has 2 rings (SSSR count). The Morgan fingerprint density at radius 2 is 1.92 bits per heavy atom. The summed E-state index contributed by atoms with van der Waals surface area (Å²) in [5, 5.41) is 5.94. The lowest BCUT2D eigenvalue weighted by molar-refractivity contribution is -0.116. The van der Waals surface area contributed by atoms with Crippen LogP contribution in [-0.2, 0) is 9.59 Å². The molecule has 5 nitrogen and oxygen atoms in total. The average Bonchev–Trinajstić information content (AvgIpc) is 2.54. The molecule has 0 aliphatic heterocycles. The van der Waals surface area contributed by atoms with E-state index in [1.54, 1.807) is 0 Å². The first-order chi connectivity index (χ1) is 11.5. The molecule has 0 atom stereocenters. The lowest BCUT2D eigenvalue weighted by atomic mass is 10.2. The zero-order valence-electron chi connectivity index (χ0n) is 13.1. The van der Waals surface area contributed by atoms with Crippen molar-refractivity contribution < 1.29 is 9.59 Å². The van der Waals surface area contributed by atoms with Crippen LogP contribution in [0.3, 0.4) is 0 Å². The highest BCUT2D eigenvalue weighted by molar-refractivity contribution is 9.10. The molecule has 126 valence electrons. The Morgan fingerprint density at radius 1 is 1.17 bits per heavy atom. The van der Waals surface area contributed by atoms with Gasteiger partial charge in [-0.05, 0) is 52.7 Å². The maximum atomic E-state index is 12.1. The van der Waals surface area contributed by atoms with E-state index in [-0.39, 0.29) is 24.1 Å². The van der Waals surface area contributed by atoms with E-state index >= 15 is 0 Å². The first-order valence-corrected chi connectivity index (χ1v) is 9.03. The summed E-state index contributed by atoms with van der Waals surface area (Å²) in [6.07, 6.45) is 0. The van der Waals surface area contributed by atoms with E-state index in [2.05, 4.69) is 26.6 Å². The molecule has 0 saturated heterocycles. The molecule has 2 aromatic carbocycles. The summed E-state index contributed by atoms with van der Waals surface area (Å²) >= 11 is 4.77. The second-order valence-corrected chi connectivity index (χ2v) is 7.01. The molecule has 2 aromatic rings. The zero-order valence-corrected chi connectivity index (χ0v) is 15.5. The van der Waals surface area contributed by atoms with Crippen LogP contribution in [0.1, 0.15) is 5.56 Å². The van der Waals surface area contributed by atoms with Gasteiger partial charge in [-0.3, -0.25) is 9.59 Å². The van der Waals surface area contributed by atoms with Crippen molar-refractivity contribution in [1.29, 1.82) is 0 Å². The van der Waals surface area contributed by atoms with Crippen molar-refractivity contribution >= 4 is 50.9 Å². The number of nitrogens with two attached hydrogens (primary N) is 1. The monoisotopic (exact) mass is 407 g/mol. The van der Waals surface area contributed by atoms with Crippen molar-refractivity contribution in [3.63, 3.8) is 0 Å². The highest BCUT2D eigenvalue weighted by Gasteiger charge is 2.08. The van der Waals surface area contributed by atoms with Crippen LogP contribution >= 0.6 is 27.7 Å².